The molecule has 0 N–H and O–H groups in total. The number of hydrogen-bond acceptors (Lipinski definition) is 5. The summed E-state index contributed by atoms with van der Waals surface area (Å²) >= 11 is 0. The van der Waals surface area contributed by atoms with Gasteiger partial charge in [0.05, 0.1) is 5.39 Å². The van der Waals surface area contributed by atoms with Crippen molar-refractivity contribution in [2.24, 2.45) is 0 Å². The van der Waals surface area contributed by atoms with Gasteiger partial charge in [0.25, 0.3) is 0 Å². The van der Waals surface area contributed by atoms with Gasteiger partial charge in [-0.3, -0.25) is 0 Å². The minimum atomic E-state index is 0.543. The largest absolute Gasteiger partial charge is 0.438 e. The lowest BCUT2D eigenvalue weighted by atomic mass is 9.93. The van der Waals surface area contributed by atoms with Crippen LogP contribution >= 0.6 is 0 Å². The number of rotatable bonds is 4. The van der Waals surface area contributed by atoms with Crippen LogP contribution in [0.2, 0.25) is 0 Å². The summed E-state index contributed by atoms with van der Waals surface area (Å²) in [6.45, 7) is 0. The number of aromatic nitrogens is 4. The van der Waals surface area contributed by atoms with E-state index in [4.69, 9.17) is 19.4 Å². The molecule has 0 fully saturated rings. The molecule has 0 aliphatic carbocycles. The Morgan fingerprint density at radius 2 is 1.06 bits per heavy atom. The van der Waals surface area contributed by atoms with E-state index in [9.17, 15) is 0 Å². The Labute approximate surface area is 281 Å². The Balaban J connectivity index is 1.17. The monoisotopic (exact) mass is 626 g/mol. The van der Waals surface area contributed by atoms with Gasteiger partial charge in [-0.1, -0.05) is 121 Å². The highest BCUT2D eigenvalue weighted by molar-refractivity contribution is 6.15. The van der Waals surface area contributed by atoms with Crippen LogP contribution in [-0.2, 0) is 0 Å². The fraction of sp³-hybridized carbons (Fsp3) is 0. The molecule has 0 amide bonds. The number of hydrogen-bond donors (Lipinski definition) is 0. The quantitative estimate of drug-likeness (QED) is 0.182. The van der Waals surface area contributed by atoms with E-state index in [0.717, 1.165) is 49.6 Å². The van der Waals surface area contributed by atoms with E-state index in [0.29, 0.717) is 23.2 Å². The van der Waals surface area contributed by atoms with Crippen molar-refractivity contribution in [1.29, 1.82) is 0 Å². The molecule has 0 aliphatic rings. The maximum Gasteiger partial charge on any atom is 0.228 e. The maximum atomic E-state index is 6.47. The Bertz CT molecular complexity index is 2890. The average Bonchev–Trinajstić information content (AvgIpc) is 3.56. The first-order valence-corrected chi connectivity index (χ1v) is 16.3. The average molecular weight is 627 g/mol. The second kappa shape index (κ2) is 10.9. The normalized spacial score (nSPS) is 11.7. The van der Waals surface area contributed by atoms with Crippen LogP contribution < -0.4 is 0 Å². The Hall–Kier alpha value is -6.72. The second-order valence-corrected chi connectivity index (χ2v) is 12.3. The molecule has 228 valence electrons. The summed E-state index contributed by atoms with van der Waals surface area (Å²) in [5, 5.41) is 9.02. The van der Waals surface area contributed by atoms with Gasteiger partial charge in [-0.15, -0.1) is 0 Å². The number of furan rings is 1. The molecule has 5 nitrogen and oxygen atoms in total. The van der Waals surface area contributed by atoms with E-state index in [1.165, 1.54) is 26.9 Å². The molecular formula is C44H26N4O. The molecule has 0 bridgehead atoms. The first-order valence-electron chi connectivity index (χ1n) is 16.3. The molecule has 0 saturated carbocycles. The summed E-state index contributed by atoms with van der Waals surface area (Å²) in [5.74, 6) is 1.78. The van der Waals surface area contributed by atoms with E-state index in [-0.39, 0.29) is 0 Å². The van der Waals surface area contributed by atoms with Gasteiger partial charge in [-0.25, -0.2) is 19.9 Å². The standard InChI is InChI=1S/C44H26N4O/c1-2-11-28(12-3-1)41-46-42(32-19-18-27-10-4-5-13-29(27)24-32)48-43(47-41)37-22-23-45-44-40(37)36-21-20-31(26-39(36)49-44)38-25-30-14-6-7-15-33(30)34-16-8-9-17-35(34)38/h1-26H. The van der Waals surface area contributed by atoms with Crippen LogP contribution in [0.15, 0.2) is 162 Å². The van der Waals surface area contributed by atoms with Crippen LogP contribution in [0.5, 0.6) is 0 Å². The molecule has 0 radical (unpaired) electrons. The zero-order valence-corrected chi connectivity index (χ0v) is 26.2. The van der Waals surface area contributed by atoms with Crippen molar-refractivity contribution in [2.75, 3.05) is 0 Å². The molecule has 0 atom stereocenters. The number of nitrogens with zero attached hydrogens (tertiary/aromatic N) is 4. The van der Waals surface area contributed by atoms with Gasteiger partial charge >= 0.3 is 0 Å². The molecule has 7 aromatic carbocycles. The van der Waals surface area contributed by atoms with E-state index in [1.807, 2.05) is 48.5 Å². The van der Waals surface area contributed by atoms with Crippen molar-refractivity contribution in [3.63, 3.8) is 0 Å². The van der Waals surface area contributed by atoms with E-state index < -0.39 is 0 Å². The van der Waals surface area contributed by atoms with Gasteiger partial charge < -0.3 is 4.42 Å². The topological polar surface area (TPSA) is 64.7 Å². The molecule has 5 heteroatoms. The van der Waals surface area contributed by atoms with Crippen molar-refractivity contribution >= 4 is 54.4 Å². The van der Waals surface area contributed by atoms with Crippen LogP contribution in [0.1, 0.15) is 0 Å². The van der Waals surface area contributed by atoms with Crippen molar-refractivity contribution in [3.05, 3.63) is 158 Å². The van der Waals surface area contributed by atoms with Crippen molar-refractivity contribution in [1.82, 2.24) is 19.9 Å². The highest BCUT2D eigenvalue weighted by Gasteiger charge is 2.19. The molecule has 10 aromatic rings. The SMILES string of the molecule is c1ccc(-c2nc(-c3ccc4ccccc4c3)nc(-c3ccnc4oc5cc(-c6cc7ccccc7c7ccccc67)ccc5c34)n2)cc1. The number of pyridine rings is 1. The predicted octanol–water partition coefficient (Wildman–Crippen LogP) is 11.3. The van der Waals surface area contributed by atoms with Gasteiger partial charge in [0, 0.05) is 28.3 Å². The summed E-state index contributed by atoms with van der Waals surface area (Å²) in [5.41, 5.74) is 6.24. The highest BCUT2D eigenvalue weighted by Crippen LogP contribution is 2.40. The first kappa shape index (κ1) is 27.4. The highest BCUT2D eigenvalue weighted by atomic mass is 16.3. The molecule has 0 spiro atoms. The summed E-state index contributed by atoms with van der Waals surface area (Å²) in [6.07, 6.45) is 1.76. The molecule has 3 heterocycles. The minimum Gasteiger partial charge on any atom is -0.438 e. The summed E-state index contributed by atoms with van der Waals surface area (Å²) in [4.78, 5) is 19.7. The smallest absolute Gasteiger partial charge is 0.228 e. The van der Waals surface area contributed by atoms with Crippen LogP contribution in [-0.4, -0.2) is 19.9 Å². The van der Waals surface area contributed by atoms with Crippen molar-refractivity contribution in [2.45, 2.75) is 0 Å². The predicted molar refractivity (Wildman–Crippen MR) is 199 cm³/mol. The third kappa shape index (κ3) is 4.55. The van der Waals surface area contributed by atoms with Gasteiger partial charge in [0.2, 0.25) is 5.71 Å². The van der Waals surface area contributed by atoms with Crippen LogP contribution in [0, 0.1) is 0 Å². The second-order valence-electron chi connectivity index (χ2n) is 12.3. The van der Waals surface area contributed by atoms with Crippen LogP contribution in [0.3, 0.4) is 0 Å². The van der Waals surface area contributed by atoms with Gasteiger partial charge in [-0.05, 0) is 73.8 Å². The first-order chi connectivity index (χ1) is 24.3. The third-order valence-corrected chi connectivity index (χ3v) is 9.37. The zero-order valence-electron chi connectivity index (χ0n) is 26.2. The molecule has 3 aromatic heterocycles. The lowest BCUT2D eigenvalue weighted by molar-refractivity contribution is 0.654. The fourth-order valence-electron chi connectivity index (χ4n) is 7.01. The summed E-state index contributed by atoms with van der Waals surface area (Å²) < 4.78 is 6.47. The van der Waals surface area contributed by atoms with Gasteiger partial charge in [0.15, 0.2) is 17.5 Å². The lowest BCUT2D eigenvalue weighted by Gasteiger charge is -2.11. The molecule has 0 aliphatic heterocycles. The number of benzene rings is 7. The molecular weight excluding hydrogens is 601 g/mol. The molecule has 0 unspecified atom stereocenters. The van der Waals surface area contributed by atoms with Crippen LogP contribution in [0.25, 0.3) is 99.7 Å². The lowest BCUT2D eigenvalue weighted by Crippen LogP contribution is -2.00. The van der Waals surface area contributed by atoms with Gasteiger partial charge in [-0.2, -0.15) is 0 Å². The van der Waals surface area contributed by atoms with Crippen molar-refractivity contribution in [3.8, 4) is 45.3 Å². The van der Waals surface area contributed by atoms with Gasteiger partial charge in [0.1, 0.15) is 5.58 Å². The Morgan fingerprint density at radius 1 is 0.388 bits per heavy atom. The Morgan fingerprint density at radius 3 is 1.92 bits per heavy atom. The molecule has 0 saturated heterocycles. The van der Waals surface area contributed by atoms with Crippen molar-refractivity contribution < 1.29 is 4.42 Å². The zero-order chi connectivity index (χ0) is 32.3. The summed E-state index contributed by atoms with van der Waals surface area (Å²) in [7, 11) is 0. The molecule has 49 heavy (non-hydrogen) atoms. The van der Waals surface area contributed by atoms with E-state index in [2.05, 4.69) is 108 Å². The summed E-state index contributed by atoms with van der Waals surface area (Å²) in [6, 6.07) is 52.5. The third-order valence-electron chi connectivity index (χ3n) is 9.37. The van der Waals surface area contributed by atoms with E-state index >= 15 is 0 Å². The Kier molecular flexibility index (Phi) is 6.11. The molecule has 10 rings (SSSR count). The van der Waals surface area contributed by atoms with E-state index in [1.54, 1.807) is 6.20 Å². The minimum absolute atomic E-state index is 0.543. The fourth-order valence-corrected chi connectivity index (χ4v) is 7.01. The van der Waals surface area contributed by atoms with Crippen LogP contribution in [0.4, 0.5) is 0 Å². The maximum absolute atomic E-state index is 6.47. The number of fused-ring (bicyclic) bond motifs is 7.